The SMILES string of the molecule is C#Cc1ccc([C@@H](C)O)cc1. The second-order valence-electron chi connectivity index (χ2n) is 2.44. The summed E-state index contributed by atoms with van der Waals surface area (Å²) in [6.45, 7) is 1.73. The van der Waals surface area contributed by atoms with Crippen LogP contribution in [0.1, 0.15) is 24.2 Å². The van der Waals surface area contributed by atoms with Crippen LogP contribution in [0.4, 0.5) is 0 Å². The van der Waals surface area contributed by atoms with Crippen LogP contribution in [0.2, 0.25) is 0 Å². The summed E-state index contributed by atoms with van der Waals surface area (Å²) in [6, 6.07) is 7.31. The maximum Gasteiger partial charge on any atom is 0.0761 e. The molecule has 0 bridgehead atoms. The van der Waals surface area contributed by atoms with Gasteiger partial charge in [0, 0.05) is 5.56 Å². The molecule has 56 valence electrons. The van der Waals surface area contributed by atoms with Gasteiger partial charge < -0.3 is 5.11 Å². The molecule has 0 radical (unpaired) electrons. The molecule has 0 aliphatic carbocycles. The highest BCUT2D eigenvalue weighted by atomic mass is 16.3. The molecule has 0 fully saturated rings. The summed E-state index contributed by atoms with van der Waals surface area (Å²) in [5.74, 6) is 2.51. The minimum absolute atomic E-state index is 0.415. The van der Waals surface area contributed by atoms with Crippen LogP contribution in [0.25, 0.3) is 0 Å². The van der Waals surface area contributed by atoms with E-state index in [-0.39, 0.29) is 0 Å². The fraction of sp³-hybridized carbons (Fsp3) is 0.200. The van der Waals surface area contributed by atoms with Crippen molar-refractivity contribution in [3.05, 3.63) is 35.4 Å². The molecule has 0 amide bonds. The maximum absolute atomic E-state index is 9.14. The first-order valence-electron chi connectivity index (χ1n) is 3.48. The summed E-state index contributed by atoms with van der Waals surface area (Å²) in [5.41, 5.74) is 1.73. The number of benzene rings is 1. The van der Waals surface area contributed by atoms with E-state index in [1.807, 2.05) is 24.3 Å². The smallest absolute Gasteiger partial charge is 0.0761 e. The summed E-state index contributed by atoms with van der Waals surface area (Å²) in [5, 5.41) is 9.14. The summed E-state index contributed by atoms with van der Waals surface area (Å²) in [7, 11) is 0. The molecule has 1 nitrogen and oxygen atoms in total. The number of hydrogen-bond donors (Lipinski definition) is 1. The van der Waals surface area contributed by atoms with E-state index in [0.29, 0.717) is 0 Å². The molecule has 0 saturated heterocycles. The van der Waals surface area contributed by atoms with Crippen molar-refractivity contribution >= 4 is 0 Å². The zero-order valence-corrected chi connectivity index (χ0v) is 6.41. The Kier molecular flexibility index (Phi) is 2.30. The highest BCUT2D eigenvalue weighted by Gasteiger charge is 1.97. The van der Waals surface area contributed by atoms with Gasteiger partial charge in [-0.1, -0.05) is 18.1 Å². The van der Waals surface area contributed by atoms with Gasteiger partial charge in [0.15, 0.2) is 0 Å². The van der Waals surface area contributed by atoms with Gasteiger partial charge in [0.2, 0.25) is 0 Å². The van der Waals surface area contributed by atoms with Crippen LogP contribution in [0, 0.1) is 12.3 Å². The van der Waals surface area contributed by atoms with Crippen LogP contribution in [0.15, 0.2) is 24.3 Å². The molecule has 0 aliphatic heterocycles. The third-order valence-corrected chi connectivity index (χ3v) is 1.56. The molecule has 0 spiro atoms. The van der Waals surface area contributed by atoms with Gasteiger partial charge in [-0.25, -0.2) is 0 Å². The lowest BCUT2D eigenvalue weighted by molar-refractivity contribution is 0.199. The molecule has 1 aromatic rings. The molecule has 0 heterocycles. The van der Waals surface area contributed by atoms with Gasteiger partial charge in [0.25, 0.3) is 0 Å². The van der Waals surface area contributed by atoms with Crippen LogP contribution in [-0.4, -0.2) is 5.11 Å². The molecule has 1 aromatic carbocycles. The van der Waals surface area contributed by atoms with E-state index >= 15 is 0 Å². The molecule has 0 aliphatic rings. The van der Waals surface area contributed by atoms with E-state index in [1.54, 1.807) is 6.92 Å². The van der Waals surface area contributed by atoms with Crippen molar-refractivity contribution in [2.45, 2.75) is 13.0 Å². The third kappa shape index (κ3) is 1.83. The quantitative estimate of drug-likeness (QED) is 0.598. The summed E-state index contributed by atoms with van der Waals surface area (Å²) < 4.78 is 0. The van der Waals surface area contributed by atoms with Crippen molar-refractivity contribution in [3.63, 3.8) is 0 Å². The monoisotopic (exact) mass is 146 g/mol. The Morgan fingerprint density at radius 1 is 1.36 bits per heavy atom. The zero-order valence-electron chi connectivity index (χ0n) is 6.41. The summed E-state index contributed by atoms with van der Waals surface area (Å²) >= 11 is 0. The van der Waals surface area contributed by atoms with Crippen LogP contribution in [0.5, 0.6) is 0 Å². The lowest BCUT2D eigenvalue weighted by Crippen LogP contribution is -1.89. The third-order valence-electron chi connectivity index (χ3n) is 1.56. The van der Waals surface area contributed by atoms with Crippen molar-refractivity contribution in [2.24, 2.45) is 0 Å². The van der Waals surface area contributed by atoms with E-state index in [0.717, 1.165) is 11.1 Å². The average molecular weight is 146 g/mol. The number of aliphatic hydroxyl groups is 1. The van der Waals surface area contributed by atoms with Crippen molar-refractivity contribution in [1.82, 2.24) is 0 Å². The van der Waals surface area contributed by atoms with Crippen LogP contribution < -0.4 is 0 Å². The molecule has 0 unspecified atom stereocenters. The Labute approximate surface area is 66.7 Å². The lowest BCUT2D eigenvalue weighted by Gasteiger charge is -2.02. The van der Waals surface area contributed by atoms with Gasteiger partial charge >= 0.3 is 0 Å². The van der Waals surface area contributed by atoms with Gasteiger partial charge in [-0.15, -0.1) is 6.42 Å². The average Bonchev–Trinajstić information content (AvgIpc) is 2.05. The van der Waals surface area contributed by atoms with E-state index < -0.39 is 6.10 Å². The van der Waals surface area contributed by atoms with Gasteiger partial charge in [0.1, 0.15) is 0 Å². The number of rotatable bonds is 1. The molecular formula is C10H10O. The first-order chi connectivity index (χ1) is 5.24. The minimum Gasteiger partial charge on any atom is -0.389 e. The molecule has 11 heavy (non-hydrogen) atoms. The van der Waals surface area contributed by atoms with E-state index in [9.17, 15) is 0 Å². The fourth-order valence-corrected chi connectivity index (χ4v) is 0.858. The van der Waals surface area contributed by atoms with Gasteiger partial charge in [-0.3, -0.25) is 0 Å². The molecule has 1 heteroatoms. The number of aliphatic hydroxyl groups excluding tert-OH is 1. The lowest BCUT2D eigenvalue weighted by atomic mass is 10.1. The molecule has 0 saturated carbocycles. The Bertz CT molecular complexity index is 264. The van der Waals surface area contributed by atoms with Crippen LogP contribution in [-0.2, 0) is 0 Å². The highest BCUT2D eigenvalue weighted by Crippen LogP contribution is 2.11. The Balaban J connectivity index is 2.94. The van der Waals surface area contributed by atoms with E-state index in [2.05, 4.69) is 5.92 Å². The molecule has 1 N–H and O–H groups in total. The van der Waals surface area contributed by atoms with Crippen molar-refractivity contribution in [3.8, 4) is 12.3 Å². The minimum atomic E-state index is -0.415. The van der Waals surface area contributed by atoms with Crippen LogP contribution >= 0.6 is 0 Å². The molecular weight excluding hydrogens is 136 g/mol. The second kappa shape index (κ2) is 3.23. The Morgan fingerprint density at radius 2 is 1.91 bits per heavy atom. The van der Waals surface area contributed by atoms with E-state index in [1.165, 1.54) is 0 Å². The topological polar surface area (TPSA) is 20.2 Å². The van der Waals surface area contributed by atoms with Gasteiger partial charge in [-0.05, 0) is 24.6 Å². The summed E-state index contributed by atoms with van der Waals surface area (Å²) in [4.78, 5) is 0. The zero-order chi connectivity index (χ0) is 8.27. The highest BCUT2D eigenvalue weighted by molar-refractivity contribution is 5.34. The van der Waals surface area contributed by atoms with Crippen LogP contribution in [0.3, 0.4) is 0 Å². The standard InChI is InChI=1S/C10H10O/c1-3-9-4-6-10(7-5-9)8(2)11/h1,4-8,11H,2H3/t8-/m1/s1. The fourth-order valence-electron chi connectivity index (χ4n) is 0.858. The first-order valence-corrected chi connectivity index (χ1v) is 3.48. The second-order valence-corrected chi connectivity index (χ2v) is 2.44. The van der Waals surface area contributed by atoms with E-state index in [4.69, 9.17) is 11.5 Å². The maximum atomic E-state index is 9.14. The molecule has 0 aromatic heterocycles. The van der Waals surface area contributed by atoms with Crippen molar-refractivity contribution in [2.75, 3.05) is 0 Å². The Morgan fingerprint density at radius 3 is 2.27 bits per heavy atom. The first kappa shape index (κ1) is 7.84. The number of hydrogen-bond acceptors (Lipinski definition) is 1. The molecule has 1 rings (SSSR count). The summed E-state index contributed by atoms with van der Waals surface area (Å²) in [6.07, 6.45) is 4.75. The Hall–Kier alpha value is -1.26. The predicted molar refractivity (Wildman–Crippen MR) is 45.0 cm³/mol. The van der Waals surface area contributed by atoms with Crippen molar-refractivity contribution < 1.29 is 5.11 Å². The largest absolute Gasteiger partial charge is 0.389 e. The predicted octanol–water partition coefficient (Wildman–Crippen LogP) is 1.72. The molecule has 1 atom stereocenters. The van der Waals surface area contributed by atoms with Crippen molar-refractivity contribution in [1.29, 1.82) is 0 Å². The normalized spacial score (nSPS) is 12.1. The van der Waals surface area contributed by atoms with Gasteiger partial charge in [0.05, 0.1) is 6.10 Å². The van der Waals surface area contributed by atoms with Gasteiger partial charge in [-0.2, -0.15) is 0 Å². The number of terminal acetylenes is 1.